The molecule has 182 valence electrons. The maximum Gasteiger partial charge on any atom is 0.228 e. The van der Waals surface area contributed by atoms with E-state index in [-0.39, 0.29) is 23.7 Å². The summed E-state index contributed by atoms with van der Waals surface area (Å²) >= 11 is 0. The van der Waals surface area contributed by atoms with Crippen molar-refractivity contribution in [1.82, 2.24) is 9.97 Å². The zero-order valence-corrected chi connectivity index (χ0v) is 20.2. The first-order chi connectivity index (χ1) is 17.6. The number of nitrogens with zero attached hydrogens (tertiary/aromatic N) is 1. The third-order valence-electron chi connectivity index (χ3n) is 7.51. The van der Waals surface area contributed by atoms with E-state index in [1.165, 1.54) is 12.0 Å². The number of hydrogen-bond acceptors (Lipinski definition) is 3. The van der Waals surface area contributed by atoms with Crippen molar-refractivity contribution in [3.8, 4) is 11.4 Å². The highest BCUT2D eigenvalue weighted by Crippen LogP contribution is 2.47. The highest BCUT2D eigenvalue weighted by atomic mass is 16.2. The van der Waals surface area contributed by atoms with Crippen LogP contribution in [0, 0.1) is 11.8 Å². The minimum absolute atomic E-state index is 0.0373. The Bertz CT molecular complexity index is 1390. The van der Waals surface area contributed by atoms with Gasteiger partial charge in [0.1, 0.15) is 5.82 Å². The number of nitrogens with one attached hydrogen (secondary N) is 3. The first kappa shape index (κ1) is 22.5. The fourth-order valence-corrected chi connectivity index (χ4v) is 5.33. The number of hydrogen-bond donors (Lipinski definition) is 3. The quantitative estimate of drug-likeness (QED) is 0.296. The fraction of sp³-hybridized carbons (Fsp3) is 0.300. The lowest BCUT2D eigenvalue weighted by Gasteiger charge is -2.20. The molecule has 2 atom stereocenters. The molecule has 1 aromatic heterocycles. The fourth-order valence-electron chi connectivity index (χ4n) is 5.33. The Labute approximate surface area is 210 Å². The molecule has 2 unspecified atom stereocenters. The van der Waals surface area contributed by atoms with E-state index >= 15 is 0 Å². The van der Waals surface area contributed by atoms with Crippen molar-refractivity contribution < 1.29 is 9.59 Å². The predicted octanol–water partition coefficient (Wildman–Crippen LogP) is 6.49. The molecule has 0 bridgehead atoms. The Kier molecular flexibility index (Phi) is 6.01. The van der Waals surface area contributed by atoms with Crippen LogP contribution >= 0.6 is 0 Å². The molecular weight excluding hydrogens is 448 g/mol. The van der Waals surface area contributed by atoms with Gasteiger partial charge in [-0.2, -0.15) is 0 Å². The van der Waals surface area contributed by atoms with Crippen molar-refractivity contribution in [2.45, 2.75) is 44.4 Å². The maximum absolute atomic E-state index is 12.7. The number of H-pyrrole nitrogens is 1. The second-order valence-corrected chi connectivity index (χ2v) is 10.1. The van der Waals surface area contributed by atoms with Crippen LogP contribution in [-0.2, 0) is 9.59 Å². The van der Waals surface area contributed by atoms with Gasteiger partial charge in [0.2, 0.25) is 11.8 Å². The summed E-state index contributed by atoms with van der Waals surface area (Å²) in [7, 11) is 0. The van der Waals surface area contributed by atoms with Crippen molar-refractivity contribution in [3.63, 3.8) is 0 Å². The van der Waals surface area contributed by atoms with Gasteiger partial charge in [-0.15, -0.1) is 0 Å². The van der Waals surface area contributed by atoms with Crippen LogP contribution in [0.15, 0.2) is 72.8 Å². The molecule has 1 heterocycles. The van der Waals surface area contributed by atoms with Crippen molar-refractivity contribution >= 4 is 34.2 Å². The largest absolute Gasteiger partial charge is 0.338 e. The molecule has 0 spiro atoms. The van der Waals surface area contributed by atoms with E-state index in [4.69, 9.17) is 4.98 Å². The Balaban J connectivity index is 1.10. The Hall–Kier alpha value is -3.93. The minimum Gasteiger partial charge on any atom is -0.338 e. The van der Waals surface area contributed by atoms with Crippen molar-refractivity contribution in [2.75, 3.05) is 10.6 Å². The van der Waals surface area contributed by atoms with Gasteiger partial charge in [0.25, 0.3) is 0 Å². The number of fused-ring (bicyclic) bond motifs is 1. The SMILES string of the molecule is O=C(Nc1ccc2nc(-c3ccc(NC(=O)C4CC4c4ccccc4)cc3)[nH]c2c1)C1CCCCC1. The van der Waals surface area contributed by atoms with E-state index in [2.05, 4.69) is 27.8 Å². The van der Waals surface area contributed by atoms with Gasteiger partial charge in [-0.25, -0.2) is 4.98 Å². The van der Waals surface area contributed by atoms with Gasteiger partial charge >= 0.3 is 0 Å². The highest BCUT2D eigenvalue weighted by molar-refractivity contribution is 5.96. The molecule has 2 aliphatic carbocycles. The highest BCUT2D eigenvalue weighted by Gasteiger charge is 2.43. The molecule has 0 radical (unpaired) electrons. The maximum atomic E-state index is 12.7. The minimum atomic E-state index is 0.0373. The summed E-state index contributed by atoms with van der Waals surface area (Å²) in [5.41, 5.74) is 5.47. The van der Waals surface area contributed by atoms with Crippen LogP contribution in [-0.4, -0.2) is 21.8 Å². The summed E-state index contributed by atoms with van der Waals surface area (Å²) in [6.45, 7) is 0. The normalized spacial score (nSPS) is 19.7. The number of benzene rings is 3. The van der Waals surface area contributed by atoms with Gasteiger partial charge in [0.15, 0.2) is 0 Å². The standard InChI is InChI=1S/C30H30N4O2/c35-29(21-9-5-2-6-10-21)32-23-15-16-26-27(17-23)34-28(33-26)20-11-13-22(14-12-20)31-30(36)25-18-24(25)19-7-3-1-4-8-19/h1,3-4,7-8,11-17,21,24-25H,2,5-6,9-10,18H2,(H,31,36)(H,32,35)(H,33,34). The second-order valence-electron chi connectivity index (χ2n) is 10.1. The van der Waals surface area contributed by atoms with Gasteiger partial charge in [0, 0.05) is 28.8 Å². The second kappa shape index (κ2) is 9.61. The number of carbonyl (C=O) groups excluding carboxylic acids is 2. The zero-order valence-electron chi connectivity index (χ0n) is 20.2. The molecular formula is C30H30N4O2. The number of rotatable bonds is 6. The monoisotopic (exact) mass is 478 g/mol. The van der Waals surface area contributed by atoms with E-state index in [1.54, 1.807) is 0 Å². The zero-order chi connectivity index (χ0) is 24.5. The van der Waals surface area contributed by atoms with E-state index < -0.39 is 0 Å². The number of aromatic amines is 1. The number of aromatic nitrogens is 2. The summed E-state index contributed by atoms with van der Waals surface area (Å²) < 4.78 is 0. The van der Waals surface area contributed by atoms with Crippen LogP contribution in [0.3, 0.4) is 0 Å². The van der Waals surface area contributed by atoms with Crippen molar-refractivity contribution in [2.24, 2.45) is 11.8 Å². The van der Waals surface area contributed by atoms with Crippen LogP contribution in [0.5, 0.6) is 0 Å². The van der Waals surface area contributed by atoms with Crippen molar-refractivity contribution in [1.29, 1.82) is 0 Å². The predicted molar refractivity (Wildman–Crippen MR) is 143 cm³/mol. The summed E-state index contributed by atoms with van der Waals surface area (Å²) in [5, 5.41) is 6.13. The molecule has 3 N–H and O–H groups in total. The topological polar surface area (TPSA) is 86.9 Å². The molecule has 3 aromatic carbocycles. The first-order valence-corrected chi connectivity index (χ1v) is 12.9. The lowest BCUT2D eigenvalue weighted by atomic mass is 9.88. The third-order valence-corrected chi connectivity index (χ3v) is 7.51. The number of carbonyl (C=O) groups is 2. The Morgan fingerprint density at radius 3 is 2.31 bits per heavy atom. The molecule has 6 nitrogen and oxygen atoms in total. The van der Waals surface area contributed by atoms with Crippen LogP contribution in [0.25, 0.3) is 22.4 Å². The first-order valence-electron chi connectivity index (χ1n) is 12.9. The molecule has 0 aliphatic heterocycles. The number of amides is 2. The van der Waals surface area contributed by atoms with Gasteiger partial charge in [-0.05, 0) is 73.2 Å². The Morgan fingerprint density at radius 2 is 1.53 bits per heavy atom. The van der Waals surface area contributed by atoms with Crippen LogP contribution in [0.1, 0.15) is 50.0 Å². The third kappa shape index (κ3) is 4.76. The summed E-state index contributed by atoms with van der Waals surface area (Å²) in [6.07, 6.45) is 6.36. The van der Waals surface area contributed by atoms with E-state index in [0.29, 0.717) is 5.92 Å². The summed E-state index contributed by atoms with van der Waals surface area (Å²) in [4.78, 5) is 33.4. The molecule has 36 heavy (non-hydrogen) atoms. The molecule has 6 rings (SSSR count). The van der Waals surface area contributed by atoms with E-state index in [0.717, 1.165) is 65.9 Å². The molecule has 0 saturated heterocycles. The average Bonchev–Trinajstić information content (AvgIpc) is 3.62. The molecule has 2 aliphatic rings. The molecule has 4 aromatic rings. The van der Waals surface area contributed by atoms with E-state index in [9.17, 15) is 9.59 Å². The van der Waals surface area contributed by atoms with Crippen LogP contribution in [0.4, 0.5) is 11.4 Å². The number of imidazole rings is 1. The number of anilines is 2. The molecule has 2 saturated carbocycles. The van der Waals surface area contributed by atoms with Gasteiger partial charge in [-0.1, -0.05) is 49.6 Å². The average molecular weight is 479 g/mol. The summed E-state index contributed by atoms with van der Waals surface area (Å²) in [5.74, 6) is 1.42. The lowest BCUT2D eigenvalue weighted by Crippen LogP contribution is -2.24. The van der Waals surface area contributed by atoms with Crippen LogP contribution < -0.4 is 10.6 Å². The van der Waals surface area contributed by atoms with Gasteiger partial charge < -0.3 is 15.6 Å². The van der Waals surface area contributed by atoms with Gasteiger partial charge in [0.05, 0.1) is 11.0 Å². The Morgan fingerprint density at radius 1 is 0.806 bits per heavy atom. The van der Waals surface area contributed by atoms with Gasteiger partial charge in [-0.3, -0.25) is 9.59 Å². The summed E-state index contributed by atoms with van der Waals surface area (Å²) in [6, 6.07) is 23.8. The van der Waals surface area contributed by atoms with Crippen molar-refractivity contribution in [3.05, 3.63) is 78.4 Å². The lowest BCUT2D eigenvalue weighted by molar-refractivity contribution is -0.120. The van der Waals surface area contributed by atoms with Crippen LogP contribution in [0.2, 0.25) is 0 Å². The molecule has 2 fully saturated rings. The molecule has 6 heteroatoms. The van der Waals surface area contributed by atoms with E-state index in [1.807, 2.05) is 60.7 Å². The molecule has 2 amide bonds. The smallest absolute Gasteiger partial charge is 0.228 e.